The summed E-state index contributed by atoms with van der Waals surface area (Å²) in [6.45, 7) is 11.2. The van der Waals surface area contributed by atoms with Crippen LogP contribution in [0.3, 0.4) is 0 Å². The van der Waals surface area contributed by atoms with Crippen molar-refractivity contribution in [2.75, 3.05) is 33.0 Å². The van der Waals surface area contributed by atoms with Crippen molar-refractivity contribution >= 4 is 0 Å². The first-order chi connectivity index (χ1) is 9.57. The molecule has 0 aliphatic heterocycles. The Kier molecular flexibility index (Phi) is 127. The summed E-state index contributed by atoms with van der Waals surface area (Å²) in [5, 5.41) is 39.4. The summed E-state index contributed by atoms with van der Waals surface area (Å²) in [5.74, 6) is 0. The van der Waals surface area contributed by atoms with E-state index in [1.54, 1.807) is 0 Å². The third kappa shape index (κ3) is 233. The molecule has 0 aromatic heterocycles. The first kappa shape index (κ1) is 37.6. The van der Waals surface area contributed by atoms with Crippen LogP contribution in [0, 0.1) is 0 Å². The minimum Gasteiger partial charge on any atom is -0.396 e. The minimum absolute atomic E-state index is 0. The summed E-state index contributed by atoms with van der Waals surface area (Å²) in [6.07, 6.45) is 4.38. The maximum Gasteiger partial charge on any atom is 0.0428 e. The van der Waals surface area contributed by atoms with E-state index >= 15 is 0 Å². The van der Waals surface area contributed by atoms with Gasteiger partial charge in [0.15, 0.2) is 0 Å². The molecule has 5 nitrogen and oxygen atoms in total. The van der Waals surface area contributed by atoms with Crippen molar-refractivity contribution in [3.63, 3.8) is 0 Å². The molecule has 0 aromatic rings. The van der Waals surface area contributed by atoms with Crippen molar-refractivity contribution < 1.29 is 46.6 Å². The van der Waals surface area contributed by atoms with Gasteiger partial charge in [-0.25, -0.2) is 0 Å². The van der Waals surface area contributed by atoms with E-state index < -0.39 is 0 Å². The normalized spacial score (nSPS) is 7.14. The summed E-state index contributed by atoms with van der Waals surface area (Å²) < 4.78 is 0. The fourth-order valence-corrected chi connectivity index (χ4v) is 0. The second kappa shape index (κ2) is 70.7. The maximum absolute atomic E-state index is 7.88. The van der Waals surface area contributed by atoms with Gasteiger partial charge in [0.1, 0.15) is 0 Å². The summed E-state index contributed by atoms with van der Waals surface area (Å²) >= 11 is 0. The van der Waals surface area contributed by atoms with Gasteiger partial charge in [0, 0.05) is 54.1 Å². The standard InChI is InChI=1S/5C3H8O.W/c5*1-2-3-4;/h5*4H,2-3H2,1H3;. The third-order valence-electron chi connectivity index (χ3n) is 1.12. The Morgan fingerprint density at radius 1 is 0.381 bits per heavy atom. The van der Waals surface area contributed by atoms with Crippen molar-refractivity contribution in [1.82, 2.24) is 0 Å². The van der Waals surface area contributed by atoms with Crippen LogP contribution in [0.25, 0.3) is 0 Å². The Balaban J connectivity index is -0.0000000331. The van der Waals surface area contributed by atoms with Gasteiger partial charge in [-0.3, -0.25) is 0 Å². The van der Waals surface area contributed by atoms with E-state index in [9.17, 15) is 0 Å². The Morgan fingerprint density at radius 2 is 0.429 bits per heavy atom. The van der Waals surface area contributed by atoms with Gasteiger partial charge in [-0.05, 0) is 32.1 Å². The van der Waals surface area contributed by atoms with E-state index in [4.69, 9.17) is 25.5 Å². The molecule has 0 rings (SSSR count). The quantitative estimate of drug-likeness (QED) is 0.411. The van der Waals surface area contributed by atoms with Gasteiger partial charge < -0.3 is 25.5 Å². The summed E-state index contributed by atoms with van der Waals surface area (Å²) in [4.78, 5) is 0. The molecule has 0 aromatic carbocycles. The summed E-state index contributed by atoms with van der Waals surface area (Å²) in [6, 6.07) is 0. The maximum atomic E-state index is 7.88. The van der Waals surface area contributed by atoms with Crippen LogP contribution in [0.5, 0.6) is 0 Å². The van der Waals surface area contributed by atoms with E-state index in [0.717, 1.165) is 32.1 Å². The zero-order chi connectivity index (χ0) is 17.1. The minimum atomic E-state index is 0. The van der Waals surface area contributed by atoms with E-state index in [1.165, 1.54) is 0 Å². The van der Waals surface area contributed by atoms with Crippen LogP contribution >= 0.6 is 0 Å². The topological polar surface area (TPSA) is 101 Å². The predicted molar refractivity (Wildman–Crippen MR) is 86.9 cm³/mol. The SMILES string of the molecule is CCCO.CCCO.CCCO.CCCO.CCCO.[W]. The summed E-state index contributed by atoms with van der Waals surface area (Å²) in [7, 11) is 0. The Bertz CT molecular complexity index is 55.2. The molecule has 0 fully saturated rings. The molecular weight excluding hydrogens is 444 g/mol. The Morgan fingerprint density at radius 3 is 0.429 bits per heavy atom. The molecule has 0 spiro atoms. The van der Waals surface area contributed by atoms with E-state index in [1.807, 2.05) is 34.6 Å². The number of hydrogen-bond acceptors (Lipinski definition) is 5. The third-order valence-corrected chi connectivity index (χ3v) is 1.12. The molecule has 5 N–H and O–H groups in total. The first-order valence-corrected chi connectivity index (χ1v) is 7.62. The van der Waals surface area contributed by atoms with Crippen LogP contribution in [0.15, 0.2) is 0 Å². The number of aliphatic hydroxyl groups is 5. The van der Waals surface area contributed by atoms with Gasteiger partial charge in [-0.15, -0.1) is 0 Å². The van der Waals surface area contributed by atoms with Crippen molar-refractivity contribution in [2.45, 2.75) is 66.7 Å². The number of hydrogen-bond donors (Lipinski definition) is 5. The van der Waals surface area contributed by atoms with Gasteiger partial charge >= 0.3 is 0 Å². The predicted octanol–water partition coefficient (Wildman–Crippen LogP) is 1.94. The average molecular weight is 484 g/mol. The number of rotatable bonds is 5. The molecule has 0 aliphatic rings. The molecule has 0 saturated carbocycles. The number of aliphatic hydroxyl groups excluding tert-OH is 5. The fourth-order valence-electron chi connectivity index (χ4n) is 0. The molecule has 0 bridgehead atoms. The molecule has 21 heavy (non-hydrogen) atoms. The average Bonchev–Trinajstić information content (AvgIpc) is 2.55. The molecule has 0 saturated heterocycles. The van der Waals surface area contributed by atoms with Crippen molar-refractivity contribution in [2.24, 2.45) is 0 Å². The van der Waals surface area contributed by atoms with E-state index in [2.05, 4.69) is 0 Å². The van der Waals surface area contributed by atoms with Crippen LogP contribution in [-0.2, 0) is 21.1 Å². The van der Waals surface area contributed by atoms with Crippen LogP contribution in [0.2, 0.25) is 0 Å². The second-order valence-electron chi connectivity index (χ2n) is 3.62. The second-order valence-corrected chi connectivity index (χ2v) is 3.62. The molecule has 136 valence electrons. The molecule has 6 heteroatoms. The molecule has 0 atom stereocenters. The zero-order valence-corrected chi connectivity index (χ0v) is 17.6. The first-order valence-electron chi connectivity index (χ1n) is 7.62. The Labute approximate surface area is 146 Å². The van der Waals surface area contributed by atoms with Gasteiger partial charge in [-0.1, -0.05) is 34.6 Å². The van der Waals surface area contributed by atoms with Gasteiger partial charge in [0.25, 0.3) is 0 Å². The van der Waals surface area contributed by atoms with Crippen LogP contribution in [0.1, 0.15) is 66.7 Å². The largest absolute Gasteiger partial charge is 0.396 e. The molecule has 0 radical (unpaired) electrons. The van der Waals surface area contributed by atoms with Crippen molar-refractivity contribution in [1.29, 1.82) is 0 Å². The molecule has 0 unspecified atom stereocenters. The van der Waals surface area contributed by atoms with Crippen LogP contribution < -0.4 is 0 Å². The summed E-state index contributed by atoms with van der Waals surface area (Å²) in [5.41, 5.74) is 0. The van der Waals surface area contributed by atoms with Crippen LogP contribution in [-0.4, -0.2) is 58.6 Å². The molecular formula is C15H40O5W. The zero-order valence-electron chi connectivity index (χ0n) is 14.7. The van der Waals surface area contributed by atoms with Gasteiger partial charge in [-0.2, -0.15) is 0 Å². The Hall–Kier alpha value is 0.488. The van der Waals surface area contributed by atoms with Crippen molar-refractivity contribution in [3.05, 3.63) is 0 Å². The smallest absolute Gasteiger partial charge is 0.0428 e. The fraction of sp³-hybridized carbons (Fsp3) is 1.00. The monoisotopic (exact) mass is 484 g/mol. The van der Waals surface area contributed by atoms with Crippen LogP contribution in [0.4, 0.5) is 0 Å². The molecule has 0 aliphatic carbocycles. The van der Waals surface area contributed by atoms with Gasteiger partial charge in [0.05, 0.1) is 0 Å². The molecule has 0 heterocycles. The van der Waals surface area contributed by atoms with Gasteiger partial charge in [0.2, 0.25) is 0 Å². The van der Waals surface area contributed by atoms with E-state index in [-0.39, 0.29) is 21.1 Å². The molecule has 0 amide bonds. The van der Waals surface area contributed by atoms with E-state index in [0.29, 0.717) is 33.0 Å². The van der Waals surface area contributed by atoms with Crippen molar-refractivity contribution in [3.8, 4) is 0 Å².